The molecule has 0 spiro atoms. The summed E-state index contributed by atoms with van der Waals surface area (Å²) in [6.45, 7) is 4.27. The summed E-state index contributed by atoms with van der Waals surface area (Å²) in [4.78, 5) is 4.60. The molecule has 0 aliphatic rings. The van der Waals surface area contributed by atoms with Crippen molar-refractivity contribution in [2.24, 2.45) is 5.73 Å². The monoisotopic (exact) mass is 301 g/mol. The molecule has 0 saturated carbocycles. The van der Waals surface area contributed by atoms with E-state index in [1.807, 2.05) is 42.5 Å². The van der Waals surface area contributed by atoms with Crippen molar-refractivity contribution in [1.29, 1.82) is 0 Å². The van der Waals surface area contributed by atoms with Crippen molar-refractivity contribution in [3.8, 4) is 0 Å². The van der Waals surface area contributed by atoms with Crippen LogP contribution in [0, 0.1) is 13.8 Å². The summed E-state index contributed by atoms with van der Waals surface area (Å²) in [7, 11) is 0. The third kappa shape index (κ3) is 2.50. The zero-order valence-corrected chi connectivity index (χ0v) is 12.7. The van der Waals surface area contributed by atoms with Crippen LogP contribution in [0.1, 0.15) is 28.5 Å². The lowest BCUT2D eigenvalue weighted by Crippen LogP contribution is -2.09. The van der Waals surface area contributed by atoms with Crippen LogP contribution in [-0.4, -0.2) is 19.6 Å². The van der Waals surface area contributed by atoms with Crippen LogP contribution >= 0.6 is 11.6 Å². The molecule has 0 saturated heterocycles. The summed E-state index contributed by atoms with van der Waals surface area (Å²) < 4.78 is 1.93. The van der Waals surface area contributed by atoms with E-state index in [9.17, 15) is 0 Å². The first-order chi connectivity index (χ1) is 10.1. The minimum atomic E-state index is 0.340. The Kier molecular flexibility index (Phi) is 3.61. The molecular formula is C15H16ClN5. The molecule has 21 heavy (non-hydrogen) atoms. The number of fused-ring (bicyclic) bond motifs is 1. The van der Waals surface area contributed by atoms with Crippen molar-refractivity contribution >= 4 is 17.2 Å². The molecule has 2 heterocycles. The third-order valence-electron chi connectivity index (χ3n) is 3.57. The molecule has 0 fully saturated rings. The Labute approximate surface area is 127 Å². The quantitative estimate of drug-likeness (QED) is 0.807. The first-order valence-electron chi connectivity index (χ1n) is 6.74. The maximum atomic E-state index is 5.93. The number of benzene rings is 1. The van der Waals surface area contributed by atoms with Gasteiger partial charge in [-0.15, -0.1) is 10.2 Å². The van der Waals surface area contributed by atoms with Gasteiger partial charge in [0, 0.05) is 22.7 Å². The van der Waals surface area contributed by atoms with E-state index in [1.54, 1.807) is 0 Å². The highest BCUT2D eigenvalue weighted by atomic mass is 35.5. The Morgan fingerprint density at radius 2 is 1.86 bits per heavy atom. The molecule has 0 atom stereocenters. The Hall–Kier alpha value is -1.98. The number of halogens is 1. The van der Waals surface area contributed by atoms with Crippen LogP contribution in [0.4, 0.5) is 0 Å². The Morgan fingerprint density at radius 3 is 2.52 bits per heavy atom. The van der Waals surface area contributed by atoms with Crippen molar-refractivity contribution < 1.29 is 0 Å². The third-order valence-corrected chi connectivity index (χ3v) is 3.82. The van der Waals surface area contributed by atoms with Crippen LogP contribution in [0.2, 0.25) is 5.02 Å². The standard InChI is InChI=1S/C15H16ClN5/c1-9-13(7-11-3-5-12(16)6-4-11)15-20-19-14(8-17)21(15)10(2)18-9/h3-6H,7-8,17H2,1-2H3. The molecule has 0 bridgehead atoms. The minimum Gasteiger partial charge on any atom is -0.324 e. The summed E-state index contributed by atoms with van der Waals surface area (Å²) in [6.07, 6.45) is 0.739. The Balaban J connectivity index is 2.13. The van der Waals surface area contributed by atoms with Crippen molar-refractivity contribution in [2.45, 2.75) is 26.8 Å². The van der Waals surface area contributed by atoms with E-state index in [0.717, 1.165) is 45.6 Å². The lowest BCUT2D eigenvalue weighted by molar-refractivity contribution is 0.836. The van der Waals surface area contributed by atoms with Crippen LogP contribution < -0.4 is 5.73 Å². The molecule has 1 aromatic carbocycles. The number of hydrogen-bond donors (Lipinski definition) is 1. The maximum absolute atomic E-state index is 5.93. The zero-order valence-electron chi connectivity index (χ0n) is 12.0. The molecule has 2 N–H and O–H groups in total. The van der Waals surface area contributed by atoms with Gasteiger partial charge in [0.25, 0.3) is 0 Å². The van der Waals surface area contributed by atoms with Gasteiger partial charge in [-0.25, -0.2) is 4.98 Å². The van der Waals surface area contributed by atoms with Crippen LogP contribution in [-0.2, 0) is 13.0 Å². The molecule has 0 unspecified atom stereocenters. The number of aromatic nitrogens is 4. The summed E-state index contributed by atoms with van der Waals surface area (Å²) in [5.74, 6) is 1.58. The number of rotatable bonds is 3. The molecule has 0 amide bonds. The highest BCUT2D eigenvalue weighted by molar-refractivity contribution is 6.30. The minimum absolute atomic E-state index is 0.340. The lowest BCUT2D eigenvalue weighted by Gasteiger charge is -2.10. The summed E-state index contributed by atoms with van der Waals surface area (Å²) in [5.41, 5.74) is 9.74. The molecule has 3 aromatic rings. The van der Waals surface area contributed by atoms with Gasteiger partial charge in [-0.2, -0.15) is 0 Å². The van der Waals surface area contributed by atoms with Gasteiger partial charge in [-0.3, -0.25) is 4.40 Å². The highest BCUT2D eigenvalue weighted by Crippen LogP contribution is 2.20. The van der Waals surface area contributed by atoms with Crippen molar-refractivity contribution in [1.82, 2.24) is 19.6 Å². The van der Waals surface area contributed by atoms with E-state index in [-0.39, 0.29) is 0 Å². The Bertz CT molecular complexity index is 792. The first-order valence-corrected chi connectivity index (χ1v) is 7.12. The molecule has 6 heteroatoms. The van der Waals surface area contributed by atoms with E-state index >= 15 is 0 Å². The second-order valence-corrected chi connectivity index (χ2v) is 5.44. The highest BCUT2D eigenvalue weighted by Gasteiger charge is 2.15. The molecular weight excluding hydrogens is 286 g/mol. The van der Waals surface area contributed by atoms with Crippen molar-refractivity contribution in [3.05, 3.63) is 57.8 Å². The summed E-state index contributed by atoms with van der Waals surface area (Å²) in [5, 5.41) is 9.18. The second kappa shape index (κ2) is 5.42. The van der Waals surface area contributed by atoms with Gasteiger partial charge in [0.1, 0.15) is 5.82 Å². The van der Waals surface area contributed by atoms with E-state index in [0.29, 0.717) is 6.54 Å². The average Bonchev–Trinajstić information content (AvgIpc) is 2.89. The van der Waals surface area contributed by atoms with E-state index in [1.165, 1.54) is 0 Å². The normalized spacial score (nSPS) is 11.2. The van der Waals surface area contributed by atoms with Crippen LogP contribution in [0.15, 0.2) is 24.3 Å². The molecule has 0 aliphatic carbocycles. The summed E-state index contributed by atoms with van der Waals surface area (Å²) >= 11 is 5.93. The molecule has 5 nitrogen and oxygen atoms in total. The number of nitrogens with two attached hydrogens (primary N) is 1. The van der Waals surface area contributed by atoms with Crippen molar-refractivity contribution in [2.75, 3.05) is 0 Å². The fourth-order valence-corrected chi connectivity index (χ4v) is 2.65. The Morgan fingerprint density at radius 1 is 1.14 bits per heavy atom. The maximum Gasteiger partial charge on any atom is 0.167 e. The molecule has 3 rings (SSSR count). The molecule has 2 aromatic heterocycles. The predicted molar refractivity (Wildman–Crippen MR) is 82.4 cm³/mol. The topological polar surface area (TPSA) is 69.1 Å². The fraction of sp³-hybridized carbons (Fsp3) is 0.267. The SMILES string of the molecule is Cc1nc(C)n2c(CN)nnc2c1Cc1ccc(Cl)cc1. The van der Waals surface area contributed by atoms with Gasteiger partial charge in [0.2, 0.25) is 0 Å². The number of aryl methyl sites for hydroxylation is 2. The molecule has 0 aliphatic heterocycles. The lowest BCUT2D eigenvalue weighted by atomic mass is 10.0. The van der Waals surface area contributed by atoms with Gasteiger partial charge >= 0.3 is 0 Å². The van der Waals surface area contributed by atoms with Gasteiger partial charge in [-0.1, -0.05) is 23.7 Å². The number of nitrogens with zero attached hydrogens (tertiary/aromatic N) is 4. The van der Waals surface area contributed by atoms with E-state index in [2.05, 4.69) is 15.2 Å². The van der Waals surface area contributed by atoms with E-state index in [4.69, 9.17) is 17.3 Å². The van der Waals surface area contributed by atoms with Gasteiger partial charge in [-0.05, 0) is 31.5 Å². The largest absolute Gasteiger partial charge is 0.324 e. The van der Waals surface area contributed by atoms with Crippen molar-refractivity contribution in [3.63, 3.8) is 0 Å². The van der Waals surface area contributed by atoms with Gasteiger partial charge in [0.15, 0.2) is 11.5 Å². The first kappa shape index (κ1) is 14.0. The van der Waals surface area contributed by atoms with Gasteiger partial charge < -0.3 is 5.73 Å². The average molecular weight is 302 g/mol. The van der Waals surface area contributed by atoms with Gasteiger partial charge in [0.05, 0.1) is 6.54 Å². The molecule has 108 valence electrons. The summed E-state index contributed by atoms with van der Waals surface area (Å²) in [6, 6.07) is 7.80. The second-order valence-electron chi connectivity index (χ2n) is 5.01. The van der Waals surface area contributed by atoms with E-state index < -0.39 is 0 Å². The number of hydrogen-bond acceptors (Lipinski definition) is 4. The zero-order chi connectivity index (χ0) is 15.0. The van der Waals surface area contributed by atoms with Crippen LogP contribution in [0.5, 0.6) is 0 Å². The fourth-order valence-electron chi connectivity index (χ4n) is 2.52. The van der Waals surface area contributed by atoms with Crippen LogP contribution in [0.3, 0.4) is 0 Å². The molecule has 0 radical (unpaired) electrons. The van der Waals surface area contributed by atoms with Crippen LogP contribution in [0.25, 0.3) is 5.65 Å². The smallest absolute Gasteiger partial charge is 0.167 e. The predicted octanol–water partition coefficient (Wildman–Crippen LogP) is 2.44.